The SMILES string of the molecule is Nc1c(Br)cc(Br)cc1-c1nc(-c2ccccn2)no1. The number of hydrogen-bond acceptors (Lipinski definition) is 5. The number of nitrogen functional groups attached to an aromatic ring is 1. The summed E-state index contributed by atoms with van der Waals surface area (Å²) >= 11 is 6.80. The number of pyridine rings is 1. The molecule has 0 aliphatic rings. The number of rotatable bonds is 2. The second kappa shape index (κ2) is 5.34. The molecule has 7 heteroatoms. The molecule has 2 aromatic heterocycles. The summed E-state index contributed by atoms with van der Waals surface area (Å²) in [6, 6.07) is 9.19. The minimum Gasteiger partial charge on any atom is -0.397 e. The summed E-state index contributed by atoms with van der Waals surface area (Å²) in [6.07, 6.45) is 1.68. The van der Waals surface area contributed by atoms with E-state index in [1.807, 2.05) is 30.3 Å². The third-order valence-corrected chi connectivity index (χ3v) is 3.76. The minimum absolute atomic E-state index is 0.352. The molecule has 0 saturated carbocycles. The highest BCUT2D eigenvalue weighted by Crippen LogP contribution is 2.34. The van der Waals surface area contributed by atoms with Crippen LogP contribution in [0.4, 0.5) is 5.69 Å². The van der Waals surface area contributed by atoms with Crippen LogP contribution in [0.15, 0.2) is 50.0 Å². The van der Waals surface area contributed by atoms with E-state index in [2.05, 4.69) is 47.0 Å². The lowest BCUT2D eigenvalue weighted by molar-refractivity contribution is 0.432. The van der Waals surface area contributed by atoms with Crippen molar-refractivity contribution >= 4 is 37.5 Å². The number of hydrogen-bond donors (Lipinski definition) is 1. The lowest BCUT2D eigenvalue weighted by atomic mass is 10.2. The summed E-state index contributed by atoms with van der Waals surface area (Å²) in [6.45, 7) is 0. The molecule has 2 heterocycles. The van der Waals surface area contributed by atoms with E-state index in [9.17, 15) is 0 Å². The van der Waals surface area contributed by atoms with Crippen LogP contribution in [0, 0.1) is 0 Å². The van der Waals surface area contributed by atoms with E-state index in [1.54, 1.807) is 6.20 Å². The molecule has 0 atom stereocenters. The molecule has 0 fully saturated rings. The van der Waals surface area contributed by atoms with Crippen LogP contribution in [0.3, 0.4) is 0 Å². The van der Waals surface area contributed by atoms with Crippen LogP contribution in [-0.2, 0) is 0 Å². The number of aromatic nitrogens is 3. The van der Waals surface area contributed by atoms with E-state index >= 15 is 0 Å². The first-order valence-electron chi connectivity index (χ1n) is 5.65. The molecule has 0 aliphatic heterocycles. The average molecular weight is 396 g/mol. The van der Waals surface area contributed by atoms with Crippen molar-refractivity contribution in [3.8, 4) is 23.0 Å². The fourth-order valence-corrected chi connectivity index (χ4v) is 2.92. The molecule has 5 nitrogen and oxygen atoms in total. The second-order valence-electron chi connectivity index (χ2n) is 3.99. The molecule has 0 amide bonds. The molecule has 3 rings (SSSR count). The third kappa shape index (κ3) is 2.46. The fourth-order valence-electron chi connectivity index (χ4n) is 1.69. The van der Waals surface area contributed by atoms with Gasteiger partial charge in [-0.2, -0.15) is 4.98 Å². The van der Waals surface area contributed by atoms with Crippen LogP contribution in [0.25, 0.3) is 23.0 Å². The van der Waals surface area contributed by atoms with Crippen molar-refractivity contribution in [2.24, 2.45) is 0 Å². The fraction of sp³-hybridized carbons (Fsp3) is 0. The average Bonchev–Trinajstić information content (AvgIpc) is 2.93. The van der Waals surface area contributed by atoms with Crippen molar-refractivity contribution in [3.05, 3.63) is 45.5 Å². The number of nitrogens with zero attached hydrogens (tertiary/aromatic N) is 3. The van der Waals surface area contributed by atoms with E-state index in [0.29, 0.717) is 28.7 Å². The maximum Gasteiger partial charge on any atom is 0.260 e. The monoisotopic (exact) mass is 394 g/mol. The van der Waals surface area contributed by atoms with Gasteiger partial charge < -0.3 is 10.3 Å². The molecule has 100 valence electrons. The molecule has 0 aliphatic carbocycles. The van der Waals surface area contributed by atoms with Crippen LogP contribution in [0.2, 0.25) is 0 Å². The topological polar surface area (TPSA) is 77.8 Å². The zero-order valence-corrected chi connectivity index (χ0v) is 13.2. The Balaban J connectivity index is 2.07. The van der Waals surface area contributed by atoms with Gasteiger partial charge in [0.25, 0.3) is 5.89 Å². The van der Waals surface area contributed by atoms with Gasteiger partial charge in [-0.15, -0.1) is 0 Å². The van der Waals surface area contributed by atoms with Gasteiger partial charge in [-0.1, -0.05) is 27.2 Å². The van der Waals surface area contributed by atoms with Gasteiger partial charge in [0.2, 0.25) is 5.82 Å². The third-order valence-electron chi connectivity index (χ3n) is 2.64. The molecule has 1 aromatic carbocycles. The van der Waals surface area contributed by atoms with Gasteiger partial charge in [0.15, 0.2) is 0 Å². The molecule has 20 heavy (non-hydrogen) atoms. The largest absolute Gasteiger partial charge is 0.397 e. The van der Waals surface area contributed by atoms with Crippen molar-refractivity contribution in [1.82, 2.24) is 15.1 Å². The van der Waals surface area contributed by atoms with Gasteiger partial charge in [0.1, 0.15) is 5.69 Å². The minimum atomic E-state index is 0.352. The Morgan fingerprint density at radius 2 is 2.00 bits per heavy atom. The molecular weight excluding hydrogens is 388 g/mol. The Kier molecular flexibility index (Phi) is 3.54. The quantitative estimate of drug-likeness (QED) is 0.665. The van der Waals surface area contributed by atoms with Gasteiger partial charge >= 0.3 is 0 Å². The molecule has 3 aromatic rings. The maximum atomic E-state index is 6.02. The Morgan fingerprint density at radius 1 is 1.15 bits per heavy atom. The van der Waals surface area contributed by atoms with Crippen LogP contribution < -0.4 is 5.73 Å². The summed E-state index contributed by atoms with van der Waals surface area (Å²) in [5, 5.41) is 3.93. The highest BCUT2D eigenvalue weighted by atomic mass is 79.9. The maximum absolute atomic E-state index is 6.02. The number of nitrogens with two attached hydrogens (primary N) is 1. The Labute approximate surface area is 131 Å². The Bertz CT molecular complexity index is 758. The summed E-state index contributed by atoms with van der Waals surface area (Å²) in [5.74, 6) is 0.779. The Morgan fingerprint density at radius 3 is 2.75 bits per heavy atom. The van der Waals surface area contributed by atoms with E-state index in [1.165, 1.54) is 0 Å². The van der Waals surface area contributed by atoms with Crippen molar-refractivity contribution in [3.63, 3.8) is 0 Å². The van der Waals surface area contributed by atoms with Crippen molar-refractivity contribution in [2.45, 2.75) is 0 Å². The van der Waals surface area contributed by atoms with Gasteiger partial charge in [0, 0.05) is 15.1 Å². The van der Waals surface area contributed by atoms with Crippen molar-refractivity contribution < 1.29 is 4.52 Å². The molecule has 0 spiro atoms. The normalized spacial score (nSPS) is 10.7. The van der Waals surface area contributed by atoms with Gasteiger partial charge in [-0.3, -0.25) is 4.98 Å². The van der Waals surface area contributed by atoms with E-state index < -0.39 is 0 Å². The zero-order valence-electron chi connectivity index (χ0n) is 10.0. The van der Waals surface area contributed by atoms with Crippen molar-refractivity contribution in [2.75, 3.05) is 5.73 Å². The molecule has 2 N–H and O–H groups in total. The molecule has 0 saturated heterocycles. The lowest BCUT2D eigenvalue weighted by Crippen LogP contribution is -1.92. The first-order chi connectivity index (χ1) is 9.65. The van der Waals surface area contributed by atoms with Crippen LogP contribution in [0.5, 0.6) is 0 Å². The lowest BCUT2D eigenvalue weighted by Gasteiger charge is -2.04. The molecule has 0 bridgehead atoms. The number of benzene rings is 1. The summed E-state index contributed by atoms with van der Waals surface area (Å²) in [5.41, 5.74) is 7.88. The summed E-state index contributed by atoms with van der Waals surface area (Å²) in [7, 11) is 0. The van der Waals surface area contributed by atoms with Gasteiger partial charge in [0.05, 0.1) is 11.3 Å². The zero-order chi connectivity index (χ0) is 14.1. The van der Waals surface area contributed by atoms with Gasteiger partial charge in [-0.05, 0) is 40.2 Å². The smallest absolute Gasteiger partial charge is 0.260 e. The predicted molar refractivity (Wildman–Crippen MR) is 82.8 cm³/mol. The summed E-state index contributed by atoms with van der Waals surface area (Å²) < 4.78 is 6.90. The second-order valence-corrected chi connectivity index (χ2v) is 5.76. The van der Waals surface area contributed by atoms with E-state index in [-0.39, 0.29) is 0 Å². The Hall–Kier alpha value is -1.73. The first-order valence-corrected chi connectivity index (χ1v) is 7.24. The first kappa shape index (κ1) is 13.3. The van der Waals surface area contributed by atoms with E-state index in [4.69, 9.17) is 10.3 Å². The van der Waals surface area contributed by atoms with Crippen LogP contribution >= 0.6 is 31.9 Å². The molecule has 0 unspecified atom stereocenters. The highest BCUT2D eigenvalue weighted by Gasteiger charge is 2.15. The molecular formula is C13H8Br2N4O. The van der Waals surface area contributed by atoms with E-state index in [0.717, 1.165) is 8.95 Å². The van der Waals surface area contributed by atoms with Crippen LogP contribution in [0.1, 0.15) is 0 Å². The standard InChI is InChI=1S/C13H8Br2N4O/c14-7-5-8(11(16)9(15)6-7)13-18-12(19-20-13)10-3-1-2-4-17-10/h1-6H,16H2. The molecule has 0 radical (unpaired) electrons. The predicted octanol–water partition coefficient (Wildman–Crippen LogP) is 3.91. The van der Waals surface area contributed by atoms with Crippen LogP contribution in [-0.4, -0.2) is 15.1 Å². The number of halogens is 2. The number of anilines is 1. The highest BCUT2D eigenvalue weighted by molar-refractivity contribution is 9.11. The summed E-state index contributed by atoms with van der Waals surface area (Å²) in [4.78, 5) is 8.51. The van der Waals surface area contributed by atoms with Crippen molar-refractivity contribution in [1.29, 1.82) is 0 Å². The van der Waals surface area contributed by atoms with Gasteiger partial charge in [-0.25, -0.2) is 0 Å².